The Morgan fingerprint density at radius 1 is 1.03 bits per heavy atom. The zero-order valence-corrected chi connectivity index (χ0v) is 21.5. The highest BCUT2D eigenvalue weighted by Gasteiger charge is 2.27. The smallest absolute Gasteiger partial charge is 0.247 e. The van der Waals surface area contributed by atoms with Crippen LogP contribution in [0.2, 0.25) is 5.02 Å². The van der Waals surface area contributed by atoms with E-state index in [1.54, 1.807) is 12.1 Å². The number of hydrogen-bond acceptors (Lipinski definition) is 8. The maximum atomic E-state index is 13.3. The van der Waals surface area contributed by atoms with Crippen LogP contribution in [0.4, 0.5) is 5.69 Å². The summed E-state index contributed by atoms with van der Waals surface area (Å²) in [5, 5.41) is 16.1. The van der Waals surface area contributed by atoms with E-state index < -0.39 is 23.9 Å². The number of para-hydroxylation sites is 1. The van der Waals surface area contributed by atoms with Gasteiger partial charge < -0.3 is 37.8 Å². The molecule has 2 aromatic carbocycles. The summed E-state index contributed by atoms with van der Waals surface area (Å²) < 4.78 is 0. The number of nitrogens with one attached hydrogen (secondary N) is 2. The second kappa shape index (κ2) is 13.7. The van der Waals surface area contributed by atoms with Gasteiger partial charge in [0, 0.05) is 38.0 Å². The highest BCUT2D eigenvalue weighted by Crippen LogP contribution is 2.24. The van der Waals surface area contributed by atoms with Gasteiger partial charge in [-0.1, -0.05) is 35.9 Å². The van der Waals surface area contributed by atoms with Crippen LogP contribution in [0.5, 0.6) is 5.75 Å². The molecule has 11 nitrogen and oxygen atoms in total. The molecule has 1 heterocycles. The highest BCUT2D eigenvalue weighted by molar-refractivity contribution is 6.32. The number of rotatable bonds is 12. The van der Waals surface area contributed by atoms with Crippen LogP contribution in [0.3, 0.4) is 0 Å². The first-order valence-corrected chi connectivity index (χ1v) is 12.5. The van der Waals surface area contributed by atoms with Crippen molar-refractivity contribution in [3.8, 4) is 5.75 Å². The van der Waals surface area contributed by atoms with Crippen LogP contribution in [-0.4, -0.2) is 71.0 Å². The van der Waals surface area contributed by atoms with Crippen LogP contribution in [0.25, 0.3) is 10.9 Å². The molecule has 0 fully saturated rings. The lowest BCUT2D eigenvalue weighted by Gasteiger charge is -2.24. The maximum absolute atomic E-state index is 13.3. The van der Waals surface area contributed by atoms with E-state index in [9.17, 15) is 19.5 Å². The summed E-state index contributed by atoms with van der Waals surface area (Å²) in [6.07, 6.45) is 1.29. The van der Waals surface area contributed by atoms with Crippen molar-refractivity contribution < 1.29 is 19.5 Å². The molecule has 12 heteroatoms. The highest BCUT2D eigenvalue weighted by atomic mass is 35.5. The minimum absolute atomic E-state index is 0.0473. The lowest BCUT2D eigenvalue weighted by atomic mass is 10.0. The molecular formula is C26H32ClN7O4. The summed E-state index contributed by atoms with van der Waals surface area (Å²) in [5.41, 5.74) is 18.9. The molecule has 9 N–H and O–H groups in total. The third kappa shape index (κ3) is 7.86. The largest absolute Gasteiger partial charge is 0.506 e. The maximum Gasteiger partial charge on any atom is 0.247 e. The molecular weight excluding hydrogens is 510 g/mol. The zero-order valence-electron chi connectivity index (χ0n) is 20.8. The molecule has 0 aliphatic rings. The molecule has 202 valence electrons. The first-order valence-electron chi connectivity index (χ1n) is 12.1. The molecule has 38 heavy (non-hydrogen) atoms. The monoisotopic (exact) mass is 541 g/mol. The number of nitrogens with zero attached hydrogens (tertiary/aromatic N) is 2. The zero-order chi connectivity index (χ0) is 27.7. The lowest BCUT2D eigenvalue weighted by molar-refractivity contribution is -0.134. The summed E-state index contributed by atoms with van der Waals surface area (Å²) in [6.45, 7) is 1.07. The molecule has 0 radical (unpaired) electrons. The number of fused-ring (bicyclic) bond motifs is 1. The molecule has 0 aliphatic carbocycles. The van der Waals surface area contributed by atoms with Crippen molar-refractivity contribution >= 4 is 45.9 Å². The topological polar surface area (TPSA) is 190 Å². The molecule has 3 amide bonds. The Kier molecular flexibility index (Phi) is 10.4. The van der Waals surface area contributed by atoms with Gasteiger partial charge in [-0.25, -0.2) is 0 Å². The molecule has 3 aromatic rings. The van der Waals surface area contributed by atoms with E-state index in [0.29, 0.717) is 11.3 Å². The van der Waals surface area contributed by atoms with Crippen LogP contribution in [0, 0.1) is 0 Å². The van der Waals surface area contributed by atoms with Crippen LogP contribution < -0.4 is 27.8 Å². The van der Waals surface area contributed by atoms with Gasteiger partial charge >= 0.3 is 0 Å². The van der Waals surface area contributed by atoms with Gasteiger partial charge in [0.25, 0.3) is 0 Å². The minimum atomic E-state index is -1.21. The van der Waals surface area contributed by atoms with Gasteiger partial charge in [0.1, 0.15) is 11.8 Å². The number of benzene rings is 2. The van der Waals surface area contributed by atoms with E-state index in [4.69, 9.17) is 28.8 Å². The lowest BCUT2D eigenvalue weighted by Crippen LogP contribution is -2.52. The van der Waals surface area contributed by atoms with Crippen LogP contribution in [0.1, 0.15) is 12.0 Å². The number of amides is 3. The molecule has 0 aliphatic heterocycles. The van der Waals surface area contributed by atoms with Crippen molar-refractivity contribution in [1.29, 1.82) is 0 Å². The molecule has 2 atom stereocenters. The van der Waals surface area contributed by atoms with E-state index in [1.807, 2.05) is 24.3 Å². The van der Waals surface area contributed by atoms with Crippen LogP contribution in [-0.2, 0) is 20.8 Å². The number of anilines is 1. The van der Waals surface area contributed by atoms with Gasteiger partial charge in [-0.2, -0.15) is 0 Å². The van der Waals surface area contributed by atoms with Crippen molar-refractivity contribution in [2.24, 2.45) is 17.2 Å². The minimum Gasteiger partial charge on any atom is -0.506 e. The Hall–Kier alpha value is -3.77. The predicted molar refractivity (Wildman–Crippen MR) is 146 cm³/mol. The van der Waals surface area contributed by atoms with Crippen LogP contribution in [0.15, 0.2) is 54.7 Å². The van der Waals surface area contributed by atoms with E-state index in [1.165, 1.54) is 23.2 Å². The quantitative estimate of drug-likeness (QED) is 0.193. The van der Waals surface area contributed by atoms with Gasteiger partial charge in [-0.15, -0.1) is 0 Å². The number of aromatic nitrogens is 1. The van der Waals surface area contributed by atoms with E-state index in [2.05, 4.69) is 15.6 Å². The van der Waals surface area contributed by atoms with Gasteiger partial charge in [-0.05, 0) is 29.8 Å². The van der Waals surface area contributed by atoms with E-state index >= 15 is 0 Å². The molecule has 0 unspecified atom stereocenters. The molecule has 0 spiro atoms. The van der Waals surface area contributed by atoms with Crippen LogP contribution >= 0.6 is 11.6 Å². The van der Waals surface area contributed by atoms with Crippen molar-refractivity contribution in [1.82, 2.24) is 15.2 Å². The second-order valence-corrected chi connectivity index (χ2v) is 9.13. The fraction of sp³-hybridized carbons (Fsp3) is 0.308. The average Bonchev–Trinajstić information content (AvgIpc) is 2.90. The van der Waals surface area contributed by atoms with Gasteiger partial charge in [0.05, 0.1) is 34.9 Å². The number of phenolic OH excluding ortho intramolecular Hbond substituents is 1. The third-order valence-electron chi connectivity index (χ3n) is 5.82. The molecule has 0 saturated heterocycles. The number of carbonyl (C=O) groups excluding carboxylic acids is 3. The molecule has 3 rings (SSSR count). The summed E-state index contributed by atoms with van der Waals surface area (Å²) >= 11 is 6.03. The number of pyridine rings is 1. The Morgan fingerprint density at radius 3 is 2.42 bits per heavy atom. The first kappa shape index (κ1) is 28.8. The number of halogens is 1. The first-order chi connectivity index (χ1) is 18.2. The molecule has 1 aromatic heterocycles. The fourth-order valence-corrected chi connectivity index (χ4v) is 4.06. The SMILES string of the molecule is NCCN(CCN)C(=O)C[C@H](N)C(=O)N[C@@H](Cc1ccc(O)c(Cl)c1)C(=O)Nc1cnc2ccccc2c1. The summed E-state index contributed by atoms with van der Waals surface area (Å²) in [7, 11) is 0. The Bertz CT molecular complexity index is 1280. The number of hydrogen-bond donors (Lipinski definition) is 6. The summed E-state index contributed by atoms with van der Waals surface area (Å²) in [6, 6.07) is 11.4. The van der Waals surface area contributed by atoms with E-state index in [0.717, 1.165) is 10.9 Å². The standard InChI is InChI=1S/C26H32ClN7O4/c27-19-11-16(5-6-23(19)35)12-22(26(38)32-18-13-17-3-1-2-4-21(17)31-15-18)33-25(37)20(30)14-24(36)34(9-7-28)10-8-29/h1-6,11,13,15,20,22,35H,7-10,12,14,28-30H2,(H,32,38)(H,33,37)/t20-,22-/m0/s1. The van der Waals surface area contributed by atoms with Crippen molar-refractivity contribution in [3.63, 3.8) is 0 Å². The summed E-state index contributed by atoms with van der Waals surface area (Å²) in [4.78, 5) is 44.6. The number of nitrogens with two attached hydrogens (primary N) is 3. The fourth-order valence-electron chi connectivity index (χ4n) is 3.85. The Balaban J connectivity index is 1.76. The third-order valence-corrected chi connectivity index (χ3v) is 6.13. The average molecular weight is 542 g/mol. The predicted octanol–water partition coefficient (Wildman–Crippen LogP) is 0.723. The van der Waals surface area contributed by atoms with Gasteiger partial charge in [0.15, 0.2) is 0 Å². The second-order valence-electron chi connectivity index (χ2n) is 8.73. The van der Waals surface area contributed by atoms with Crippen molar-refractivity contribution in [2.75, 3.05) is 31.5 Å². The number of carbonyl (C=O) groups is 3. The molecule has 0 bridgehead atoms. The van der Waals surface area contributed by atoms with Crippen molar-refractivity contribution in [3.05, 3.63) is 65.3 Å². The normalized spacial score (nSPS) is 12.5. The number of phenols is 1. The van der Waals surface area contributed by atoms with Gasteiger partial charge in [-0.3, -0.25) is 19.4 Å². The Morgan fingerprint density at radius 2 is 1.74 bits per heavy atom. The molecule has 0 saturated carbocycles. The Labute approximate surface area is 225 Å². The van der Waals surface area contributed by atoms with Gasteiger partial charge in [0.2, 0.25) is 17.7 Å². The van der Waals surface area contributed by atoms with E-state index in [-0.39, 0.29) is 55.7 Å². The summed E-state index contributed by atoms with van der Waals surface area (Å²) in [5.74, 6) is -1.67. The number of aromatic hydroxyl groups is 1. The van der Waals surface area contributed by atoms with Crippen molar-refractivity contribution in [2.45, 2.75) is 24.9 Å².